The number of H-pyrrole nitrogens is 1. The molecule has 29 heavy (non-hydrogen) atoms. The van der Waals surface area contributed by atoms with Crippen molar-refractivity contribution >= 4 is 33.7 Å². The van der Waals surface area contributed by atoms with E-state index in [1.807, 2.05) is 0 Å². The fraction of sp³-hybridized carbons (Fsp3) is 0.417. The number of benzene rings is 1. The van der Waals surface area contributed by atoms with Crippen LogP contribution in [0.3, 0.4) is 0 Å². The zero-order chi connectivity index (χ0) is 19.9. The third-order valence-electron chi connectivity index (χ3n) is 5.53. The minimum Gasteiger partial charge on any atom is -0.197 e. The van der Waals surface area contributed by atoms with Crippen molar-refractivity contribution in [2.45, 2.75) is 64.7 Å². The first kappa shape index (κ1) is 20.3. The molecule has 0 amide bonds. The standard InChI is InChI=1S/C24H29N3S2/c1-2-3-4-5-6-7-8-9-12-18-17-19(20-13-10-15-28-20)23-24(26-27-25-23)22(18)21-14-11-16-29-21/h10-11,13-17H,2-9,12H2,1H3,(H,25,26,27). The van der Waals surface area contributed by atoms with Gasteiger partial charge in [-0.2, -0.15) is 15.4 Å². The Morgan fingerprint density at radius 2 is 1.45 bits per heavy atom. The smallest absolute Gasteiger partial charge is 0.122 e. The zero-order valence-corrected chi connectivity index (χ0v) is 18.7. The van der Waals surface area contributed by atoms with Crippen molar-refractivity contribution in [1.82, 2.24) is 15.4 Å². The predicted molar refractivity (Wildman–Crippen MR) is 127 cm³/mol. The fourth-order valence-electron chi connectivity index (χ4n) is 4.02. The van der Waals surface area contributed by atoms with Crippen LogP contribution in [-0.2, 0) is 6.42 Å². The highest BCUT2D eigenvalue weighted by molar-refractivity contribution is 7.14. The van der Waals surface area contributed by atoms with Gasteiger partial charge in [0.25, 0.3) is 0 Å². The van der Waals surface area contributed by atoms with Crippen LogP contribution in [0.25, 0.3) is 31.9 Å². The summed E-state index contributed by atoms with van der Waals surface area (Å²) < 4.78 is 0. The van der Waals surface area contributed by atoms with Crippen molar-refractivity contribution in [3.8, 4) is 20.9 Å². The van der Waals surface area contributed by atoms with Crippen LogP contribution in [0, 0.1) is 0 Å². The van der Waals surface area contributed by atoms with E-state index in [2.05, 4.69) is 63.4 Å². The molecule has 0 bridgehead atoms. The van der Waals surface area contributed by atoms with Gasteiger partial charge in [0.1, 0.15) is 11.0 Å². The van der Waals surface area contributed by atoms with Gasteiger partial charge in [0, 0.05) is 20.9 Å². The van der Waals surface area contributed by atoms with Gasteiger partial charge in [-0.25, -0.2) is 0 Å². The first-order valence-electron chi connectivity index (χ1n) is 10.8. The summed E-state index contributed by atoms with van der Waals surface area (Å²) in [7, 11) is 0. The Bertz CT molecular complexity index is 1000. The number of thiophene rings is 2. The second-order valence-corrected chi connectivity index (χ2v) is 9.55. The maximum atomic E-state index is 4.57. The minimum atomic E-state index is 0.982. The molecule has 3 nitrogen and oxygen atoms in total. The molecule has 0 fully saturated rings. The molecule has 1 aromatic carbocycles. The summed E-state index contributed by atoms with van der Waals surface area (Å²) in [4.78, 5) is 2.55. The van der Waals surface area contributed by atoms with E-state index < -0.39 is 0 Å². The van der Waals surface area contributed by atoms with E-state index in [0.717, 1.165) is 17.5 Å². The van der Waals surface area contributed by atoms with Crippen LogP contribution in [0.1, 0.15) is 63.9 Å². The van der Waals surface area contributed by atoms with Crippen molar-refractivity contribution in [2.75, 3.05) is 0 Å². The molecule has 0 aliphatic carbocycles. The zero-order valence-electron chi connectivity index (χ0n) is 17.1. The van der Waals surface area contributed by atoms with E-state index in [0.29, 0.717) is 0 Å². The molecule has 152 valence electrons. The Balaban J connectivity index is 1.56. The first-order valence-corrected chi connectivity index (χ1v) is 12.6. The number of aryl methyl sites for hydroxylation is 1. The van der Waals surface area contributed by atoms with Gasteiger partial charge < -0.3 is 0 Å². The lowest BCUT2D eigenvalue weighted by molar-refractivity contribution is 0.576. The van der Waals surface area contributed by atoms with Gasteiger partial charge in [0.05, 0.1) is 0 Å². The Labute approximate surface area is 181 Å². The molecular formula is C24H29N3S2. The molecule has 0 radical (unpaired) electrons. The summed E-state index contributed by atoms with van der Waals surface area (Å²) in [5.41, 5.74) is 5.87. The topological polar surface area (TPSA) is 41.6 Å². The van der Waals surface area contributed by atoms with E-state index in [1.165, 1.54) is 77.8 Å². The van der Waals surface area contributed by atoms with Crippen LogP contribution in [0.5, 0.6) is 0 Å². The van der Waals surface area contributed by atoms with Crippen molar-refractivity contribution in [2.24, 2.45) is 0 Å². The van der Waals surface area contributed by atoms with Crippen molar-refractivity contribution in [3.63, 3.8) is 0 Å². The van der Waals surface area contributed by atoms with Gasteiger partial charge in [-0.1, -0.05) is 64.0 Å². The molecule has 4 aromatic rings. The van der Waals surface area contributed by atoms with E-state index in [9.17, 15) is 0 Å². The molecular weight excluding hydrogens is 394 g/mol. The number of nitrogens with zero attached hydrogens (tertiary/aromatic N) is 2. The van der Waals surface area contributed by atoms with Crippen LogP contribution in [0.15, 0.2) is 41.1 Å². The molecule has 0 aliphatic heterocycles. The number of fused-ring (bicyclic) bond motifs is 1. The molecule has 3 heterocycles. The Hall–Kier alpha value is -1.98. The number of hydrogen-bond acceptors (Lipinski definition) is 4. The van der Waals surface area contributed by atoms with Crippen LogP contribution in [-0.4, -0.2) is 15.4 Å². The fourth-order valence-corrected chi connectivity index (χ4v) is 5.57. The van der Waals surface area contributed by atoms with Gasteiger partial charge in [-0.3, -0.25) is 0 Å². The van der Waals surface area contributed by atoms with Gasteiger partial charge in [0.2, 0.25) is 0 Å². The number of hydrogen-bond donors (Lipinski definition) is 1. The SMILES string of the molecule is CCCCCCCCCCc1cc(-c2cccs2)c2n[nH]nc2c1-c1cccs1. The summed E-state index contributed by atoms with van der Waals surface area (Å²) in [5, 5.41) is 16.2. The second-order valence-electron chi connectivity index (χ2n) is 7.66. The molecule has 0 atom stereocenters. The molecule has 0 spiro atoms. The largest absolute Gasteiger partial charge is 0.197 e. The number of aromatic nitrogens is 3. The molecule has 0 unspecified atom stereocenters. The highest BCUT2D eigenvalue weighted by Crippen LogP contribution is 2.40. The maximum absolute atomic E-state index is 4.57. The van der Waals surface area contributed by atoms with Gasteiger partial charge >= 0.3 is 0 Å². The monoisotopic (exact) mass is 423 g/mol. The van der Waals surface area contributed by atoms with Crippen molar-refractivity contribution in [3.05, 3.63) is 46.7 Å². The first-order chi connectivity index (χ1) is 14.4. The third-order valence-corrected chi connectivity index (χ3v) is 7.32. The highest BCUT2D eigenvalue weighted by Gasteiger charge is 2.19. The predicted octanol–water partition coefficient (Wildman–Crippen LogP) is 8.10. The summed E-state index contributed by atoms with van der Waals surface area (Å²) in [5.74, 6) is 0. The minimum absolute atomic E-state index is 0.982. The highest BCUT2D eigenvalue weighted by atomic mass is 32.1. The lowest BCUT2D eigenvalue weighted by atomic mass is 9.95. The Morgan fingerprint density at radius 3 is 2.14 bits per heavy atom. The lowest BCUT2D eigenvalue weighted by Gasteiger charge is -2.12. The normalized spacial score (nSPS) is 11.5. The molecule has 0 saturated heterocycles. The lowest BCUT2D eigenvalue weighted by Crippen LogP contribution is -1.94. The van der Waals surface area contributed by atoms with E-state index in [4.69, 9.17) is 0 Å². The van der Waals surface area contributed by atoms with Crippen molar-refractivity contribution in [1.29, 1.82) is 0 Å². The molecule has 5 heteroatoms. The molecule has 3 aromatic heterocycles. The number of nitrogens with one attached hydrogen (secondary N) is 1. The molecule has 0 saturated carbocycles. The summed E-state index contributed by atoms with van der Waals surface area (Å²) in [6.45, 7) is 2.28. The average molecular weight is 424 g/mol. The molecule has 1 N–H and O–H groups in total. The molecule has 0 aliphatic rings. The summed E-state index contributed by atoms with van der Waals surface area (Å²) in [6, 6.07) is 11.0. The molecule has 4 rings (SSSR count). The van der Waals surface area contributed by atoms with E-state index in [1.54, 1.807) is 22.7 Å². The third kappa shape index (κ3) is 4.78. The second kappa shape index (κ2) is 10.2. The number of unbranched alkanes of at least 4 members (excludes halogenated alkanes) is 7. The van der Waals surface area contributed by atoms with Crippen LogP contribution in [0.2, 0.25) is 0 Å². The van der Waals surface area contributed by atoms with E-state index >= 15 is 0 Å². The number of aromatic amines is 1. The van der Waals surface area contributed by atoms with E-state index in [-0.39, 0.29) is 0 Å². The van der Waals surface area contributed by atoms with Crippen LogP contribution >= 0.6 is 22.7 Å². The van der Waals surface area contributed by atoms with Crippen LogP contribution in [0.4, 0.5) is 0 Å². The number of rotatable bonds is 11. The van der Waals surface area contributed by atoms with Crippen molar-refractivity contribution < 1.29 is 0 Å². The quantitative estimate of drug-likeness (QED) is 0.248. The maximum Gasteiger partial charge on any atom is 0.122 e. The Morgan fingerprint density at radius 1 is 0.793 bits per heavy atom. The summed E-state index contributed by atoms with van der Waals surface area (Å²) in [6.07, 6.45) is 11.9. The average Bonchev–Trinajstić information content (AvgIpc) is 3.51. The van der Waals surface area contributed by atoms with Gasteiger partial charge in [-0.15, -0.1) is 22.7 Å². The summed E-state index contributed by atoms with van der Waals surface area (Å²) >= 11 is 3.56. The van der Waals surface area contributed by atoms with Gasteiger partial charge in [0.15, 0.2) is 0 Å². The van der Waals surface area contributed by atoms with Gasteiger partial charge in [-0.05, 0) is 47.4 Å². The Kier molecular flexibility index (Phi) is 7.12. The van der Waals surface area contributed by atoms with Crippen LogP contribution < -0.4 is 0 Å².